The SMILES string of the molecule is COC.O=CCCCOc1ccccc1. The topological polar surface area (TPSA) is 35.5 Å². The fourth-order valence-electron chi connectivity index (χ4n) is 0.873. The van der Waals surface area contributed by atoms with Crippen molar-refractivity contribution in [1.82, 2.24) is 0 Å². The third-order valence-corrected chi connectivity index (χ3v) is 1.48. The summed E-state index contributed by atoms with van der Waals surface area (Å²) in [4.78, 5) is 9.96. The monoisotopic (exact) mass is 210 g/mol. The summed E-state index contributed by atoms with van der Waals surface area (Å²) in [6.07, 6.45) is 2.28. The molecular formula is C12H18O3. The van der Waals surface area contributed by atoms with E-state index in [0.29, 0.717) is 13.0 Å². The minimum atomic E-state index is 0.576. The highest BCUT2D eigenvalue weighted by molar-refractivity contribution is 5.48. The van der Waals surface area contributed by atoms with E-state index in [0.717, 1.165) is 18.5 Å². The second-order valence-corrected chi connectivity index (χ2v) is 2.88. The molecule has 0 N–H and O–H groups in total. The Morgan fingerprint density at radius 3 is 2.33 bits per heavy atom. The summed E-state index contributed by atoms with van der Waals surface area (Å²) in [6.45, 7) is 0.614. The lowest BCUT2D eigenvalue weighted by Gasteiger charge is -2.02. The Bertz CT molecular complexity index is 234. The number of carbonyl (C=O) groups is 1. The minimum Gasteiger partial charge on any atom is -0.494 e. The van der Waals surface area contributed by atoms with Gasteiger partial charge in [-0.2, -0.15) is 0 Å². The van der Waals surface area contributed by atoms with Crippen LogP contribution in [-0.4, -0.2) is 27.1 Å². The first-order valence-corrected chi connectivity index (χ1v) is 4.86. The smallest absolute Gasteiger partial charge is 0.120 e. The highest BCUT2D eigenvalue weighted by Gasteiger charge is 1.89. The molecule has 0 radical (unpaired) electrons. The van der Waals surface area contributed by atoms with Gasteiger partial charge in [-0.1, -0.05) is 18.2 Å². The second-order valence-electron chi connectivity index (χ2n) is 2.88. The lowest BCUT2D eigenvalue weighted by molar-refractivity contribution is -0.108. The van der Waals surface area contributed by atoms with Gasteiger partial charge in [-0.05, 0) is 18.6 Å². The third-order valence-electron chi connectivity index (χ3n) is 1.48. The van der Waals surface area contributed by atoms with Crippen molar-refractivity contribution in [3.63, 3.8) is 0 Å². The molecule has 84 valence electrons. The maximum absolute atomic E-state index is 9.96. The van der Waals surface area contributed by atoms with E-state index in [1.807, 2.05) is 30.3 Å². The number of aldehydes is 1. The molecule has 1 aromatic rings. The summed E-state index contributed by atoms with van der Waals surface area (Å²) >= 11 is 0. The largest absolute Gasteiger partial charge is 0.494 e. The van der Waals surface area contributed by atoms with Crippen LogP contribution in [0.15, 0.2) is 30.3 Å². The van der Waals surface area contributed by atoms with Gasteiger partial charge in [0.25, 0.3) is 0 Å². The Kier molecular flexibility index (Phi) is 9.76. The molecule has 1 rings (SSSR count). The van der Waals surface area contributed by atoms with Gasteiger partial charge >= 0.3 is 0 Å². The van der Waals surface area contributed by atoms with Gasteiger partial charge in [0.1, 0.15) is 12.0 Å². The van der Waals surface area contributed by atoms with Crippen molar-refractivity contribution in [1.29, 1.82) is 0 Å². The van der Waals surface area contributed by atoms with Crippen molar-refractivity contribution in [3.05, 3.63) is 30.3 Å². The molecule has 0 saturated heterocycles. The summed E-state index contributed by atoms with van der Waals surface area (Å²) in [5, 5.41) is 0. The normalized spacial score (nSPS) is 8.67. The number of hydrogen-bond donors (Lipinski definition) is 0. The Morgan fingerprint density at radius 1 is 1.20 bits per heavy atom. The Morgan fingerprint density at radius 2 is 1.80 bits per heavy atom. The molecule has 0 aliphatic rings. The summed E-state index contributed by atoms with van der Waals surface area (Å²) in [6, 6.07) is 9.60. The first-order chi connectivity index (χ1) is 7.35. The molecule has 3 nitrogen and oxygen atoms in total. The minimum absolute atomic E-state index is 0.576. The summed E-state index contributed by atoms with van der Waals surface area (Å²) in [5.74, 6) is 0.864. The van der Waals surface area contributed by atoms with Crippen molar-refractivity contribution in [3.8, 4) is 5.75 Å². The van der Waals surface area contributed by atoms with Crippen molar-refractivity contribution in [2.24, 2.45) is 0 Å². The van der Waals surface area contributed by atoms with Crippen LogP contribution >= 0.6 is 0 Å². The third kappa shape index (κ3) is 8.97. The molecule has 0 aliphatic carbocycles. The lowest BCUT2D eigenvalue weighted by atomic mass is 10.3. The molecule has 0 amide bonds. The molecule has 0 heterocycles. The first-order valence-electron chi connectivity index (χ1n) is 4.86. The van der Waals surface area contributed by atoms with Crippen LogP contribution in [0.1, 0.15) is 12.8 Å². The van der Waals surface area contributed by atoms with Crippen LogP contribution in [-0.2, 0) is 9.53 Å². The summed E-state index contributed by atoms with van der Waals surface area (Å²) < 4.78 is 9.60. The maximum atomic E-state index is 9.96. The second kappa shape index (κ2) is 10.7. The number of rotatable bonds is 5. The number of benzene rings is 1. The van der Waals surface area contributed by atoms with Crippen molar-refractivity contribution >= 4 is 6.29 Å². The van der Waals surface area contributed by atoms with Gasteiger partial charge in [0.05, 0.1) is 6.61 Å². The zero-order valence-electron chi connectivity index (χ0n) is 9.31. The molecule has 15 heavy (non-hydrogen) atoms. The van der Waals surface area contributed by atoms with E-state index in [2.05, 4.69) is 4.74 Å². The fraction of sp³-hybridized carbons (Fsp3) is 0.417. The van der Waals surface area contributed by atoms with Crippen LogP contribution in [0.2, 0.25) is 0 Å². The zero-order valence-corrected chi connectivity index (χ0v) is 9.31. The molecule has 0 unspecified atom stereocenters. The molecule has 0 atom stereocenters. The van der Waals surface area contributed by atoms with Crippen LogP contribution in [0, 0.1) is 0 Å². The fourth-order valence-corrected chi connectivity index (χ4v) is 0.873. The molecule has 3 heteroatoms. The molecule has 0 saturated carbocycles. The number of methoxy groups -OCH3 is 1. The highest BCUT2D eigenvalue weighted by atomic mass is 16.5. The molecule has 0 bridgehead atoms. The molecule has 0 aromatic heterocycles. The van der Waals surface area contributed by atoms with Gasteiger partial charge in [0.15, 0.2) is 0 Å². The molecular weight excluding hydrogens is 192 g/mol. The highest BCUT2D eigenvalue weighted by Crippen LogP contribution is 2.08. The maximum Gasteiger partial charge on any atom is 0.120 e. The quantitative estimate of drug-likeness (QED) is 0.552. The molecule has 1 aromatic carbocycles. The van der Waals surface area contributed by atoms with Crippen LogP contribution in [0.5, 0.6) is 5.75 Å². The number of carbonyl (C=O) groups excluding carboxylic acids is 1. The van der Waals surface area contributed by atoms with E-state index < -0.39 is 0 Å². The van der Waals surface area contributed by atoms with Gasteiger partial charge < -0.3 is 14.3 Å². The number of unbranched alkanes of at least 4 members (excludes halogenated alkanes) is 1. The van der Waals surface area contributed by atoms with E-state index in [9.17, 15) is 4.79 Å². The van der Waals surface area contributed by atoms with Crippen LogP contribution < -0.4 is 4.74 Å². The van der Waals surface area contributed by atoms with E-state index >= 15 is 0 Å². The first kappa shape index (κ1) is 13.7. The Balaban J connectivity index is 0.000000583. The number of ether oxygens (including phenoxy) is 2. The lowest BCUT2D eigenvalue weighted by Crippen LogP contribution is -1.96. The average molecular weight is 210 g/mol. The predicted octanol–water partition coefficient (Wildman–Crippen LogP) is 2.31. The number of hydrogen-bond acceptors (Lipinski definition) is 3. The van der Waals surface area contributed by atoms with Gasteiger partial charge in [0.2, 0.25) is 0 Å². The summed E-state index contributed by atoms with van der Waals surface area (Å²) in [7, 11) is 3.25. The van der Waals surface area contributed by atoms with Crippen molar-refractivity contribution < 1.29 is 14.3 Å². The Hall–Kier alpha value is -1.35. The van der Waals surface area contributed by atoms with E-state index in [1.54, 1.807) is 14.2 Å². The Labute approximate surface area is 91.0 Å². The predicted molar refractivity (Wildman–Crippen MR) is 60.2 cm³/mol. The van der Waals surface area contributed by atoms with Crippen LogP contribution in [0.4, 0.5) is 0 Å². The molecule has 0 aliphatic heterocycles. The van der Waals surface area contributed by atoms with Gasteiger partial charge in [-0.15, -0.1) is 0 Å². The zero-order chi connectivity index (χ0) is 11.4. The average Bonchev–Trinajstić information content (AvgIpc) is 2.27. The van der Waals surface area contributed by atoms with Crippen molar-refractivity contribution in [2.75, 3.05) is 20.8 Å². The van der Waals surface area contributed by atoms with E-state index in [-0.39, 0.29) is 0 Å². The molecule has 0 fully saturated rings. The van der Waals surface area contributed by atoms with Crippen LogP contribution in [0.3, 0.4) is 0 Å². The van der Waals surface area contributed by atoms with Gasteiger partial charge in [-0.3, -0.25) is 0 Å². The number of para-hydroxylation sites is 1. The molecule has 0 spiro atoms. The van der Waals surface area contributed by atoms with Crippen molar-refractivity contribution in [2.45, 2.75) is 12.8 Å². The van der Waals surface area contributed by atoms with Gasteiger partial charge in [-0.25, -0.2) is 0 Å². The van der Waals surface area contributed by atoms with Crippen LogP contribution in [0.25, 0.3) is 0 Å². The van der Waals surface area contributed by atoms with E-state index in [4.69, 9.17) is 4.74 Å². The van der Waals surface area contributed by atoms with Gasteiger partial charge in [0, 0.05) is 20.6 Å². The standard InChI is InChI=1S/C10H12O2.C2H6O/c11-8-4-5-9-12-10-6-2-1-3-7-10;1-3-2/h1-3,6-8H,4-5,9H2;1-2H3. The summed E-state index contributed by atoms with van der Waals surface area (Å²) in [5.41, 5.74) is 0. The van der Waals surface area contributed by atoms with E-state index in [1.165, 1.54) is 0 Å².